The van der Waals surface area contributed by atoms with Gasteiger partial charge in [0.05, 0.1) is 30.5 Å². The molecule has 0 saturated carbocycles. The van der Waals surface area contributed by atoms with Gasteiger partial charge in [-0.15, -0.1) is 11.3 Å². The van der Waals surface area contributed by atoms with Crippen LogP contribution in [0.1, 0.15) is 23.9 Å². The van der Waals surface area contributed by atoms with E-state index >= 15 is 0 Å². The van der Waals surface area contributed by atoms with Crippen LogP contribution in [0, 0.1) is 6.92 Å². The van der Waals surface area contributed by atoms with E-state index in [1.54, 1.807) is 18.4 Å². The zero-order valence-electron chi connectivity index (χ0n) is 16.0. The number of methoxy groups -OCH3 is 1. The number of aromatic nitrogens is 1. The molecule has 0 bridgehead atoms. The van der Waals surface area contributed by atoms with Crippen molar-refractivity contribution in [3.05, 3.63) is 39.3 Å². The molecular formula is C19H26ClN5OS. The quantitative estimate of drug-likeness (QED) is 0.567. The third-order valence-corrected chi connectivity index (χ3v) is 5.74. The van der Waals surface area contributed by atoms with Crippen LogP contribution in [0.5, 0.6) is 5.75 Å². The number of hydrogen-bond donors (Lipinski definition) is 2. The van der Waals surface area contributed by atoms with Gasteiger partial charge >= 0.3 is 0 Å². The van der Waals surface area contributed by atoms with Crippen molar-refractivity contribution >= 4 is 34.6 Å². The molecule has 1 aromatic heterocycles. The molecule has 1 fully saturated rings. The van der Waals surface area contributed by atoms with Gasteiger partial charge in [0.25, 0.3) is 0 Å². The minimum absolute atomic E-state index is 0.314. The topological polar surface area (TPSA) is 61.8 Å². The molecule has 0 amide bonds. The lowest BCUT2D eigenvalue weighted by Crippen LogP contribution is -2.44. The van der Waals surface area contributed by atoms with Crippen LogP contribution in [0.2, 0.25) is 5.02 Å². The minimum atomic E-state index is 0.314. The summed E-state index contributed by atoms with van der Waals surface area (Å²) in [5.74, 6) is 1.69. The van der Waals surface area contributed by atoms with Crippen LogP contribution in [-0.4, -0.2) is 43.7 Å². The Labute approximate surface area is 169 Å². The van der Waals surface area contributed by atoms with E-state index in [1.165, 1.54) is 4.88 Å². The van der Waals surface area contributed by atoms with Gasteiger partial charge in [0, 0.05) is 35.6 Å². The Balaban J connectivity index is 1.65. The van der Waals surface area contributed by atoms with Crippen molar-refractivity contribution < 1.29 is 4.74 Å². The monoisotopic (exact) mass is 407 g/mol. The number of halogens is 1. The second kappa shape index (κ2) is 9.28. The number of aliphatic imine (C=N–C) groups is 1. The summed E-state index contributed by atoms with van der Waals surface area (Å²) in [5, 5.41) is 7.61. The van der Waals surface area contributed by atoms with Crippen LogP contribution in [0.3, 0.4) is 0 Å². The molecule has 6 nitrogen and oxygen atoms in total. The van der Waals surface area contributed by atoms with Gasteiger partial charge in [-0.2, -0.15) is 0 Å². The van der Waals surface area contributed by atoms with Crippen molar-refractivity contribution in [2.75, 3.05) is 31.6 Å². The molecular weight excluding hydrogens is 382 g/mol. The number of hydrogen-bond acceptors (Lipinski definition) is 5. The molecule has 27 heavy (non-hydrogen) atoms. The van der Waals surface area contributed by atoms with Crippen LogP contribution in [0.25, 0.3) is 0 Å². The Bertz CT molecular complexity index is 794. The molecule has 8 heteroatoms. The van der Waals surface area contributed by atoms with Crippen molar-refractivity contribution in [1.29, 1.82) is 0 Å². The van der Waals surface area contributed by atoms with Gasteiger partial charge in [-0.25, -0.2) is 9.98 Å². The Morgan fingerprint density at radius 1 is 1.48 bits per heavy atom. The van der Waals surface area contributed by atoms with E-state index in [9.17, 15) is 0 Å². The summed E-state index contributed by atoms with van der Waals surface area (Å²) >= 11 is 7.83. The first-order chi connectivity index (χ1) is 13.1. The number of guanidine groups is 1. The summed E-state index contributed by atoms with van der Waals surface area (Å²) in [5.41, 5.74) is 3.96. The number of nitrogens with one attached hydrogen (secondary N) is 2. The normalized spacial score (nSPS) is 17.3. The second-order valence-electron chi connectivity index (χ2n) is 6.45. The summed E-state index contributed by atoms with van der Waals surface area (Å²) in [7, 11) is 1.69. The lowest BCUT2D eigenvalue weighted by Gasteiger charge is -2.22. The molecule has 1 atom stereocenters. The highest BCUT2D eigenvalue weighted by Crippen LogP contribution is 2.33. The summed E-state index contributed by atoms with van der Waals surface area (Å²) in [6.45, 7) is 7.39. The maximum Gasteiger partial charge on any atom is 0.191 e. The third kappa shape index (κ3) is 5.05. The average Bonchev–Trinajstić information content (AvgIpc) is 3.29. The van der Waals surface area contributed by atoms with E-state index in [0.29, 0.717) is 12.6 Å². The largest absolute Gasteiger partial charge is 0.495 e. The van der Waals surface area contributed by atoms with Crippen molar-refractivity contribution in [1.82, 2.24) is 15.6 Å². The molecule has 1 aliphatic heterocycles. The first-order valence-corrected chi connectivity index (χ1v) is 10.4. The molecule has 2 aromatic rings. The highest BCUT2D eigenvalue weighted by molar-refractivity contribution is 7.09. The van der Waals surface area contributed by atoms with Crippen LogP contribution >= 0.6 is 22.9 Å². The summed E-state index contributed by atoms with van der Waals surface area (Å²) in [6, 6.07) is 6.05. The van der Waals surface area contributed by atoms with Crippen LogP contribution < -0.4 is 20.3 Å². The predicted molar refractivity (Wildman–Crippen MR) is 113 cm³/mol. The Morgan fingerprint density at radius 2 is 2.33 bits per heavy atom. The first kappa shape index (κ1) is 19.8. The lowest BCUT2D eigenvalue weighted by atomic mass is 10.2. The van der Waals surface area contributed by atoms with Gasteiger partial charge in [0.1, 0.15) is 5.75 Å². The van der Waals surface area contributed by atoms with E-state index in [4.69, 9.17) is 21.3 Å². The molecule has 146 valence electrons. The van der Waals surface area contributed by atoms with Gasteiger partial charge in [-0.1, -0.05) is 11.6 Å². The van der Waals surface area contributed by atoms with Gasteiger partial charge in [0.15, 0.2) is 5.96 Å². The number of anilines is 1. The average molecular weight is 408 g/mol. The van der Waals surface area contributed by atoms with Gasteiger partial charge in [-0.05, 0) is 38.5 Å². The van der Waals surface area contributed by atoms with E-state index in [-0.39, 0.29) is 0 Å². The van der Waals surface area contributed by atoms with Crippen LogP contribution in [-0.2, 0) is 6.54 Å². The fourth-order valence-electron chi connectivity index (χ4n) is 3.15. The van der Waals surface area contributed by atoms with Crippen molar-refractivity contribution in [2.45, 2.75) is 32.9 Å². The third-order valence-electron chi connectivity index (χ3n) is 4.58. The number of ether oxygens (including phenoxy) is 1. The zero-order chi connectivity index (χ0) is 19.2. The molecule has 1 unspecified atom stereocenters. The van der Waals surface area contributed by atoms with Crippen molar-refractivity contribution in [3.8, 4) is 5.75 Å². The standard InChI is InChI=1S/C19H26ClN5OS/c1-4-21-19(22-10-18-13(2)23-12-27-18)24-15-7-8-25(11-15)16-9-14(20)5-6-17(16)26-3/h5-6,9,12,15H,4,7-8,10-11H2,1-3H3,(H2,21,22,24). The van der Waals surface area contributed by atoms with Gasteiger partial charge in [-0.3, -0.25) is 0 Å². The zero-order valence-corrected chi connectivity index (χ0v) is 17.5. The molecule has 0 aliphatic carbocycles. The highest BCUT2D eigenvalue weighted by Gasteiger charge is 2.25. The smallest absolute Gasteiger partial charge is 0.191 e. The molecule has 1 aromatic carbocycles. The summed E-state index contributed by atoms with van der Waals surface area (Å²) in [6.07, 6.45) is 1.03. The van der Waals surface area contributed by atoms with E-state index in [0.717, 1.165) is 54.2 Å². The Kier molecular flexibility index (Phi) is 6.79. The Morgan fingerprint density at radius 3 is 3.04 bits per heavy atom. The molecule has 1 aliphatic rings. The SMILES string of the molecule is CCNC(=NCc1scnc1C)NC1CCN(c2cc(Cl)ccc2OC)C1. The minimum Gasteiger partial charge on any atom is -0.495 e. The molecule has 1 saturated heterocycles. The lowest BCUT2D eigenvalue weighted by molar-refractivity contribution is 0.415. The molecule has 2 N–H and O–H groups in total. The molecule has 3 rings (SSSR count). The van der Waals surface area contributed by atoms with Crippen LogP contribution in [0.4, 0.5) is 5.69 Å². The number of thiazole rings is 1. The Hall–Kier alpha value is -1.99. The molecule has 2 heterocycles. The molecule has 0 spiro atoms. The molecule has 0 radical (unpaired) electrons. The van der Waals surface area contributed by atoms with E-state index in [2.05, 4.69) is 27.4 Å². The summed E-state index contributed by atoms with van der Waals surface area (Å²) < 4.78 is 5.50. The highest BCUT2D eigenvalue weighted by atomic mass is 35.5. The fraction of sp³-hybridized carbons (Fsp3) is 0.474. The van der Waals surface area contributed by atoms with E-state index in [1.807, 2.05) is 30.6 Å². The van der Waals surface area contributed by atoms with Crippen molar-refractivity contribution in [2.24, 2.45) is 4.99 Å². The fourth-order valence-corrected chi connectivity index (χ4v) is 4.02. The first-order valence-electron chi connectivity index (χ1n) is 9.13. The predicted octanol–water partition coefficient (Wildman–Crippen LogP) is 3.45. The van der Waals surface area contributed by atoms with Crippen LogP contribution in [0.15, 0.2) is 28.7 Å². The maximum atomic E-state index is 6.19. The maximum absolute atomic E-state index is 6.19. The number of aryl methyl sites for hydroxylation is 1. The number of benzene rings is 1. The van der Waals surface area contributed by atoms with Gasteiger partial charge < -0.3 is 20.3 Å². The van der Waals surface area contributed by atoms with Gasteiger partial charge in [0.2, 0.25) is 0 Å². The second-order valence-corrected chi connectivity index (χ2v) is 7.82. The summed E-state index contributed by atoms with van der Waals surface area (Å²) in [4.78, 5) is 12.5. The van der Waals surface area contributed by atoms with E-state index < -0.39 is 0 Å². The van der Waals surface area contributed by atoms with Crippen molar-refractivity contribution in [3.63, 3.8) is 0 Å². The number of nitrogens with zero attached hydrogens (tertiary/aromatic N) is 3. The number of rotatable bonds is 6.